The SMILES string of the molecule is NC(=O)c1c(-c2ccc3ccc(-c4ccccc4)nc3c2)nn(C2CC(=O)C2)c1N. The van der Waals surface area contributed by atoms with E-state index in [0.29, 0.717) is 24.1 Å². The van der Waals surface area contributed by atoms with Crippen LogP contribution in [0.3, 0.4) is 0 Å². The van der Waals surface area contributed by atoms with Crippen molar-refractivity contribution >= 4 is 28.4 Å². The van der Waals surface area contributed by atoms with Gasteiger partial charge in [0, 0.05) is 29.4 Å². The molecule has 1 saturated carbocycles. The van der Waals surface area contributed by atoms with Gasteiger partial charge >= 0.3 is 0 Å². The van der Waals surface area contributed by atoms with Crippen LogP contribution in [0.2, 0.25) is 0 Å². The number of amides is 1. The van der Waals surface area contributed by atoms with Crippen molar-refractivity contribution in [1.29, 1.82) is 0 Å². The summed E-state index contributed by atoms with van der Waals surface area (Å²) >= 11 is 0. The van der Waals surface area contributed by atoms with E-state index in [1.54, 1.807) is 4.68 Å². The van der Waals surface area contributed by atoms with Crippen molar-refractivity contribution in [3.63, 3.8) is 0 Å². The van der Waals surface area contributed by atoms with Gasteiger partial charge in [-0.1, -0.05) is 48.5 Å². The van der Waals surface area contributed by atoms with E-state index >= 15 is 0 Å². The van der Waals surface area contributed by atoms with Crippen LogP contribution in [-0.4, -0.2) is 26.5 Å². The van der Waals surface area contributed by atoms with E-state index in [1.165, 1.54) is 0 Å². The van der Waals surface area contributed by atoms with Crippen molar-refractivity contribution in [2.45, 2.75) is 18.9 Å². The third kappa shape index (κ3) is 2.91. The molecule has 1 aliphatic carbocycles. The monoisotopic (exact) mass is 397 g/mol. The van der Waals surface area contributed by atoms with Gasteiger partial charge in [0.1, 0.15) is 22.9 Å². The number of hydrogen-bond acceptors (Lipinski definition) is 5. The van der Waals surface area contributed by atoms with Crippen LogP contribution in [0.5, 0.6) is 0 Å². The Labute approximate surface area is 172 Å². The molecule has 148 valence electrons. The number of rotatable bonds is 4. The van der Waals surface area contributed by atoms with Crippen LogP contribution < -0.4 is 11.5 Å². The van der Waals surface area contributed by atoms with Crippen LogP contribution in [0.15, 0.2) is 60.7 Å². The predicted octanol–water partition coefficient (Wildman–Crippen LogP) is 3.35. The standard InChI is InChI=1S/C23H19N5O2/c24-22-20(23(25)30)21(27-28(22)16-11-17(29)12-16)15-7-6-14-8-9-18(26-19(14)10-15)13-4-2-1-3-5-13/h1-10,16H,11-12,24H2,(H2,25,30). The van der Waals surface area contributed by atoms with E-state index in [4.69, 9.17) is 16.5 Å². The zero-order valence-corrected chi connectivity index (χ0v) is 16.1. The maximum atomic E-state index is 12.1. The molecule has 0 unspecified atom stereocenters. The Bertz CT molecular complexity index is 1300. The zero-order valence-electron chi connectivity index (χ0n) is 16.1. The molecule has 0 bridgehead atoms. The second kappa shape index (κ2) is 6.81. The average molecular weight is 397 g/mol. The molecule has 0 atom stereocenters. The van der Waals surface area contributed by atoms with Gasteiger partial charge in [-0.3, -0.25) is 9.59 Å². The fraction of sp³-hybridized carbons (Fsp3) is 0.130. The summed E-state index contributed by atoms with van der Waals surface area (Å²) in [6.45, 7) is 0. The molecule has 0 saturated heterocycles. The maximum absolute atomic E-state index is 12.1. The number of nitrogens with zero attached hydrogens (tertiary/aromatic N) is 3. The molecule has 0 spiro atoms. The second-order valence-corrected chi connectivity index (χ2v) is 7.49. The van der Waals surface area contributed by atoms with Crippen LogP contribution >= 0.6 is 0 Å². The van der Waals surface area contributed by atoms with Crippen LogP contribution in [-0.2, 0) is 4.79 Å². The van der Waals surface area contributed by atoms with E-state index in [0.717, 1.165) is 22.2 Å². The number of nitrogens with two attached hydrogens (primary N) is 2. The minimum atomic E-state index is -0.648. The molecular weight excluding hydrogens is 378 g/mol. The maximum Gasteiger partial charge on any atom is 0.254 e. The molecule has 2 aromatic carbocycles. The largest absolute Gasteiger partial charge is 0.383 e. The lowest BCUT2D eigenvalue weighted by Gasteiger charge is -2.25. The summed E-state index contributed by atoms with van der Waals surface area (Å²) in [6, 6.07) is 19.5. The number of Topliss-reactive ketones (excluding diaryl/α,β-unsaturated/α-hetero) is 1. The van der Waals surface area contributed by atoms with Crippen molar-refractivity contribution < 1.29 is 9.59 Å². The molecule has 1 amide bonds. The van der Waals surface area contributed by atoms with Gasteiger partial charge in [-0.2, -0.15) is 5.10 Å². The zero-order chi connectivity index (χ0) is 20.8. The molecule has 2 heterocycles. The van der Waals surface area contributed by atoms with Crippen molar-refractivity contribution in [1.82, 2.24) is 14.8 Å². The average Bonchev–Trinajstić information content (AvgIpc) is 3.08. The molecule has 7 heteroatoms. The molecule has 5 rings (SSSR count). The number of hydrogen-bond donors (Lipinski definition) is 2. The van der Waals surface area contributed by atoms with Crippen LogP contribution in [0.1, 0.15) is 29.2 Å². The number of carbonyl (C=O) groups excluding carboxylic acids is 2. The quantitative estimate of drug-likeness (QED) is 0.548. The number of fused-ring (bicyclic) bond motifs is 1. The smallest absolute Gasteiger partial charge is 0.254 e. The summed E-state index contributed by atoms with van der Waals surface area (Å²) in [5.41, 5.74) is 15.7. The lowest BCUT2D eigenvalue weighted by molar-refractivity contribution is -0.126. The molecule has 0 aliphatic heterocycles. The molecule has 4 N–H and O–H groups in total. The number of anilines is 1. The van der Waals surface area contributed by atoms with Gasteiger partial charge in [0.25, 0.3) is 5.91 Å². The predicted molar refractivity (Wildman–Crippen MR) is 115 cm³/mol. The summed E-state index contributed by atoms with van der Waals surface area (Å²) in [6.07, 6.45) is 0.729. The first-order valence-electron chi connectivity index (χ1n) is 9.67. The van der Waals surface area contributed by atoms with E-state index in [9.17, 15) is 9.59 Å². The summed E-state index contributed by atoms with van der Waals surface area (Å²) in [5, 5.41) is 5.52. The highest BCUT2D eigenvalue weighted by molar-refractivity contribution is 6.04. The fourth-order valence-electron chi connectivity index (χ4n) is 3.84. The number of pyridine rings is 1. The second-order valence-electron chi connectivity index (χ2n) is 7.49. The normalized spacial score (nSPS) is 14.1. The highest BCUT2D eigenvalue weighted by atomic mass is 16.1. The van der Waals surface area contributed by atoms with Crippen molar-refractivity contribution in [2.24, 2.45) is 5.73 Å². The molecule has 2 aromatic heterocycles. The minimum absolute atomic E-state index is 0.132. The lowest BCUT2D eigenvalue weighted by atomic mass is 9.91. The molecule has 4 aromatic rings. The van der Waals surface area contributed by atoms with E-state index in [1.807, 2.05) is 60.7 Å². The minimum Gasteiger partial charge on any atom is -0.383 e. The van der Waals surface area contributed by atoms with E-state index in [-0.39, 0.29) is 23.2 Å². The van der Waals surface area contributed by atoms with Gasteiger partial charge in [-0.15, -0.1) is 0 Å². The topological polar surface area (TPSA) is 117 Å². The first-order chi connectivity index (χ1) is 14.5. The van der Waals surface area contributed by atoms with Crippen molar-refractivity contribution in [2.75, 3.05) is 5.73 Å². The van der Waals surface area contributed by atoms with Crippen LogP contribution in [0.4, 0.5) is 5.82 Å². The van der Waals surface area contributed by atoms with E-state index in [2.05, 4.69) is 5.10 Å². The number of benzene rings is 2. The van der Waals surface area contributed by atoms with Gasteiger partial charge in [0.05, 0.1) is 17.3 Å². The Morgan fingerprint density at radius 3 is 2.43 bits per heavy atom. The van der Waals surface area contributed by atoms with E-state index < -0.39 is 5.91 Å². The Morgan fingerprint density at radius 1 is 1.00 bits per heavy atom. The Morgan fingerprint density at radius 2 is 1.73 bits per heavy atom. The molecule has 7 nitrogen and oxygen atoms in total. The number of ketones is 1. The fourth-order valence-corrected chi connectivity index (χ4v) is 3.84. The molecule has 30 heavy (non-hydrogen) atoms. The summed E-state index contributed by atoms with van der Waals surface area (Å²) in [7, 11) is 0. The number of primary amides is 1. The van der Waals surface area contributed by atoms with Gasteiger partial charge in [-0.05, 0) is 12.1 Å². The summed E-state index contributed by atoms with van der Waals surface area (Å²) in [4.78, 5) is 28.3. The Hall–Kier alpha value is -4.00. The van der Waals surface area contributed by atoms with Crippen molar-refractivity contribution in [3.8, 4) is 22.5 Å². The summed E-state index contributed by atoms with van der Waals surface area (Å²) < 4.78 is 1.55. The Balaban J connectivity index is 1.63. The van der Waals surface area contributed by atoms with Crippen molar-refractivity contribution in [3.05, 3.63) is 66.2 Å². The van der Waals surface area contributed by atoms with Gasteiger partial charge in [0.15, 0.2) is 0 Å². The lowest BCUT2D eigenvalue weighted by Crippen LogP contribution is -2.28. The van der Waals surface area contributed by atoms with Crippen LogP contribution in [0.25, 0.3) is 33.4 Å². The first-order valence-corrected chi connectivity index (χ1v) is 9.67. The first kappa shape index (κ1) is 18.1. The molecule has 1 aliphatic rings. The third-order valence-electron chi connectivity index (χ3n) is 5.50. The Kier molecular flexibility index (Phi) is 4.10. The number of carbonyl (C=O) groups is 2. The third-order valence-corrected chi connectivity index (χ3v) is 5.50. The highest BCUT2D eigenvalue weighted by Gasteiger charge is 2.33. The molecule has 1 fully saturated rings. The molecular formula is C23H19N5O2. The number of nitrogen functional groups attached to an aromatic ring is 1. The van der Waals surface area contributed by atoms with Gasteiger partial charge in [-0.25, -0.2) is 9.67 Å². The van der Waals surface area contributed by atoms with Gasteiger partial charge in [0.2, 0.25) is 0 Å². The highest BCUT2D eigenvalue weighted by Crippen LogP contribution is 2.36. The number of aromatic nitrogens is 3. The molecule has 0 radical (unpaired) electrons. The van der Waals surface area contributed by atoms with Crippen LogP contribution in [0, 0.1) is 0 Å². The summed E-state index contributed by atoms with van der Waals surface area (Å²) in [5.74, 6) is -0.299. The van der Waals surface area contributed by atoms with Gasteiger partial charge < -0.3 is 11.5 Å².